The Morgan fingerprint density at radius 2 is 2.24 bits per heavy atom. The van der Waals surface area contributed by atoms with E-state index in [-0.39, 0.29) is 24.0 Å². The first-order chi connectivity index (χ1) is 8.03. The summed E-state index contributed by atoms with van der Waals surface area (Å²) in [6, 6.07) is -0.427. The van der Waals surface area contributed by atoms with E-state index in [1.165, 1.54) is 24.4 Å². The fraction of sp³-hybridized carbons (Fsp3) is 0.600. The molecule has 1 aliphatic rings. The maximum absolute atomic E-state index is 13.4. The minimum atomic E-state index is -2.75. The molecule has 0 amide bonds. The molecule has 1 saturated heterocycles. The SMILES string of the molecule is COC[C@H]1CC(F)(F)CN1c1nccnc1Cl. The van der Waals surface area contributed by atoms with Crippen LogP contribution in [-0.2, 0) is 4.74 Å². The summed E-state index contributed by atoms with van der Waals surface area (Å²) >= 11 is 5.86. The Bertz CT molecular complexity index is 405. The van der Waals surface area contributed by atoms with Gasteiger partial charge in [0.15, 0.2) is 11.0 Å². The molecule has 1 atom stereocenters. The summed E-state index contributed by atoms with van der Waals surface area (Å²) in [6.45, 7) is -0.193. The lowest BCUT2D eigenvalue weighted by Gasteiger charge is -2.24. The van der Waals surface area contributed by atoms with Crippen LogP contribution in [0.5, 0.6) is 0 Å². The maximum Gasteiger partial charge on any atom is 0.267 e. The molecule has 1 fully saturated rings. The van der Waals surface area contributed by atoms with Crippen LogP contribution in [-0.4, -0.2) is 42.2 Å². The molecule has 7 heteroatoms. The van der Waals surface area contributed by atoms with E-state index in [2.05, 4.69) is 9.97 Å². The molecule has 0 aliphatic carbocycles. The molecule has 1 aromatic rings. The van der Waals surface area contributed by atoms with Crippen molar-refractivity contribution in [1.82, 2.24) is 9.97 Å². The normalized spacial score (nSPS) is 23.1. The first kappa shape index (κ1) is 12.4. The van der Waals surface area contributed by atoms with E-state index in [1.54, 1.807) is 0 Å². The third-order valence-corrected chi connectivity index (χ3v) is 2.91. The number of hydrogen-bond acceptors (Lipinski definition) is 4. The maximum atomic E-state index is 13.4. The summed E-state index contributed by atoms with van der Waals surface area (Å²) in [5.74, 6) is -2.46. The van der Waals surface area contributed by atoms with Crippen molar-refractivity contribution >= 4 is 17.4 Å². The van der Waals surface area contributed by atoms with E-state index in [0.29, 0.717) is 0 Å². The Hall–Kier alpha value is -1.01. The number of methoxy groups -OCH3 is 1. The van der Waals surface area contributed by atoms with E-state index in [1.807, 2.05) is 0 Å². The number of aromatic nitrogens is 2. The zero-order chi connectivity index (χ0) is 12.5. The van der Waals surface area contributed by atoms with Crippen molar-refractivity contribution in [3.05, 3.63) is 17.5 Å². The molecule has 0 N–H and O–H groups in total. The second kappa shape index (κ2) is 4.70. The highest BCUT2D eigenvalue weighted by Crippen LogP contribution is 2.36. The predicted octanol–water partition coefficient (Wildman–Crippen LogP) is 1.99. The first-order valence-corrected chi connectivity index (χ1v) is 5.51. The van der Waals surface area contributed by atoms with Crippen molar-refractivity contribution in [2.24, 2.45) is 0 Å². The van der Waals surface area contributed by atoms with E-state index in [9.17, 15) is 8.78 Å². The standard InChI is InChI=1S/C10H12ClF2N3O/c1-17-5-7-4-10(12,13)6-16(7)9-8(11)14-2-3-15-9/h2-3,7H,4-6H2,1H3/t7-/m1/s1. The van der Waals surface area contributed by atoms with Gasteiger partial charge in [-0.15, -0.1) is 0 Å². The Kier molecular flexibility index (Phi) is 3.44. The van der Waals surface area contributed by atoms with Crippen LogP contribution in [0, 0.1) is 0 Å². The largest absolute Gasteiger partial charge is 0.383 e. The molecule has 1 aromatic heterocycles. The van der Waals surface area contributed by atoms with Crippen molar-refractivity contribution in [3.63, 3.8) is 0 Å². The zero-order valence-corrected chi connectivity index (χ0v) is 9.99. The van der Waals surface area contributed by atoms with Crippen LogP contribution < -0.4 is 4.90 Å². The molecular formula is C10H12ClF2N3O. The first-order valence-electron chi connectivity index (χ1n) is 5.13. The summed E-state index contributed by atoms with van der Waals surface area (Å²) in [4.78, 5) is 9.30. The Morgan fingerprint density at radius 1 is 1.53 bits per heavy atom. The van der Waals surface area contributed by atoms with Gasteiger partial charge in [-0.25, -0.2) is 18.7 Å². The lowest BCUT2D eigenvalue weighted by molar-refractivity contribution is 0.0189. The van der Waals surface area contributed by atoms with Gasteiger partial charge >= 0.3 is 0 Å². The fourth-order valence-corrected chi connectivity index (χ4v) is 2.21. The summed E-state index contributed by atoms with van der Waals surface area (Å²) in [6.07, 6.45) is 2.60. The third kappa shape index (κ3) is 2.63. The number of hydrogen-bond donors (Lipinski definition) is 0. The molecule has 0 unspecified atom stereocenters. The fourth-order valence-electron chi connectivity index (χ4n) is 1.99. The molecule has 0 aromatic carbocycles. The lowest BCUT2D eigenvalue weighted by atomic mass is 10.2. The number of nitrogens with zero attached hydrogens (tertiary/aromatic N) is 3. The molecule has 0 radical (unpaired) electrons. The Labute approximate surface area is 103 Å². The Morgan fingerprint density at radius 3 is 2.88 bits per heavy atom. The minimum Gasteiger partial charge on any atom is -0.383 e. The zero-order valence-electron chi connectivity index (χ0n) is 9.24. The van der Waals surface area contributed by atoms with Gasteiger partial charge in [0.2, 0.25) is 0 Å². The van der Waals surface area contributed by atoms with Gasteiger partial charge in [-0.3, -0.25) is 0 Å². The number of anilines is 1. The second-order valence-corrected chi connectivity index (χ2v) is 4.33. The van der Waals surface area contributed by atoms with Gasteiger partial charge in [-0.1, -0.05) is 11.6 Å². The third-order valence-electron chi connectivity index (χ3n) is 2.64. The average Bonchev–Trinajstić information content (AvgIpc) is 2.55. The number of ether oxygens (including phenoxy) is 1. The van der Waals surface area contributed by atoms with E-state index >= 15 is 0 Å². The molecule has 0 spiro atoms. The van der Waals surface area contributed by atoms with Crippen LogP contribution in [0.25, 0.3) is 0 Å². The van der Waals surface area contributed by atoms with E-state index < -0.39 is 18.5 Å². The molecule has 0 saturated carbocycles. The van der Waals surface area contributed by atoms with Crippen LogP contribution in [0.3, 0.4) is 0 Å². The van der Waals surface area contributed by atoms with Crippen LogP contribution in [0.15, 0.2) is 12.4 Å². The summed E-state index contributed by atoms with van der Waals surface area (Å²) in [5.41, 5.74) is 0. The van der Waals surface area contributed by atoms with Crippen molar-refractivity contribution < 1.29 is 13.5 Å². The van der Waals surface area contributed by atoms with Gasteiger partial charge in [-0.2, -0.15) is 0 Å². The molecule has 1 aliphatic heterocycles. The second-order valence-electron chi connectivity index (χ2n) is 3.97. The van der Waals surface area contributed by atoms with Gasteiger partial charge in [-0.05, 0) is 0 Å². The van der Waals surface area contributed by atoms with Crippen LogP contribution in [0.4, 0.5) is 14.6 Å². The minimum absolute atomic E-state index is 0.131. The lowest BCUT2D eigenvalue weighted by Crippen LogP contribution is -2.34. The van der Waals surface area contributed by atoms with Crippen LogP contribution in [0.2, 0.25) is 5.15 Å². The highest BCUT2D eigenvalue weighted by Gasteiger charge is 2.46. The van der Waals surface area contributed by atoms with Crippen molar-refractivity contribution in [1.29, 1.82) is 0 Å². The molecule has 2 rings (SSSR count). The Balaban J connectivity index is 2.27. The van der Waals surface area contributed by atoms with Gasteiger partial charge in [0.1, 0.15) is 0 Å². The van der Waals surface area contributed by atoms with Crippen LogP contribution >= 0.6 is 11.6 Å². The highest BCUT2D eigenvalue weighted by molar-refractivity contribution is 6.31. The summed E-state index contributed by atoms with van der Waals surface area (Å²) < 4.78 is 31.7. The molecule has 2 heterocycles. The van der Waals surface area contributed by atoms with Gasteiger partial charge in [0, 0.05) is 25.9 Å². The predicted molar refractivity (Wildman–Crippen MR) is 59.6 cm³/mol. The molecular weight excluding hydrogens is 252 g/mol. The number of alkyl halides is 2. The summed E-state index contributed by atoms with van der Waals surface area (Å²) in [5, 5.41) is 0.131. The van der Waals surface area contributed by atoms with Gasteiger partial charge in [0.25, 0.3) is 5.92 Å². The molecule has 0 bridgehead atoms. The number of rotatable bonds is 3. The summed E-state index contributed by atoms with van der Waals surface area (Å²) in [7, 11) is 1.48. The van der Waals surface area contributed by atoms with E-state index in [4.69, 9.17) is 16.3 Å². The number of halogens is 3. The molecule has 94 valence electrons. The van der Waals surface area contributed by atoms with Crippen LogP contribution in [0.1, 0.15) is 6.42 Å². The molecule has 17 heavy (non-hydrogen) atoms. The smallest absolute Gasteiger partial charge is 0.267 e. The topological polar surface area (TPSA) is 38.2 Å². The quantitative estimate of drug-likeness (QED) is 0.836. The average molecular weight is 264 g/mol. The van der Waals surface area contributed by atoms with Gasteiger partial charge in [0.05, 0.1) is 19.2 Å². The van der Waals surface area contributed by atoms with Gasteiger partial charge < -0.3 is 9.64 Å². The van der Waals surface area contributed by atoms with Crippen molar-refractivity contribution in [3.8, 4) is 0 Å². The van der Waals surface area contributed by atoms with Crippen molar-refractivity contribution in [2.45, 2.75) is 18.4 Å². The van der Waals surface area contributed by atoms with E-state index in [0.717, 1.165) is 0 Å². The van der Waals surface area contributed by atoms with Crippen molar-refractivity contribution in [2.75, 3.05) is 25.2 Å². The monoisotopic (exact) mass is 263 g/mol. The highest BCUT2D eigenvalue weighted by atomic mass is 35.5. The molecule has 4 nitrogen and oxygen atoms in total.